The van der Waals surface area contributed by atoms with Crippen molar-refractivity contribution in [3.8, 4) is 5.75 Å². The molecule has 26 heavy (non-hydrogen) atoms. The summed E-state index contributed by atoms with van der Waals surface area (Å²) in [5.41, 5.74) is 1.11. The number of benzene rings is 1. The van der Waals surface area contributed by atoms with Gasteiger partial charge in [0.05, 0.1) is 10.9 Å². The van der Waals surface area contributed by atoms with Gasteiger partial charge in [0.15, 0.2) is 6.10 Å². The fourth-order valence-corrected chi connectivity index (χ4v) is 5.33. The predicted molar refractivity (Wildman–Crippen MR) is 99.4 cm³/mol. The Morgan fingerprint density at radius 1 is 1.35 bits per heavy atom. The number of rotatable bonds is 4. The molecule has 0 aromatic heterocycles. The quantitative estimate of drug-likeness (QED) is 0.790. The van der Waals surface area contributed by atoms with E-state index in [1.165, 1.54) is 0 Å². The van der Waals surface area contributed by atoms with Gasteiger partial charge in [0.25, 0.3) is 5.91 Å². The van der Waals surface area contributed by atoms with Crippen LogP contribution in [-0.2, 0) is 20.7 Å². The Morgan fingerprint density at radius 2 is 2.12 bits per heavy atom. The highest BCUT2D eigenvalue weighted by molar-refractivity contribution is 8.01. The van der Waals surface area contributed by atoms with Crippen molar-refractivity contribution in [1.29, 1.82) is 0 Å². The third-order valence-electron chi connectivity index (χ3n) is 5.31. The summed E-state index contributed by atoms with van der Waals surface area (Å²) in [6.07, 6.45) is 1.26. The van der Waals surface area contributed by atoms with Crippen LogP contribution in [0.3, 0.4) is 0 Å². The molecule has 4 rings (SSSR count). The molecule has 0 N–H and O–H groups in total. The zero-order valence-electron chi connectivity index (χ0n) is 15.1. The predicted octanol–water partition coefficient (Wildman–Crippen LogP) is 1.18. The molecular formula is C19H24N2O4S. The molecule has 2 unspecified atom stereocenters. The molecule has 0 radical (unpaired) electrons. The Kier molecular flexibility index (Phi) is 4.61. The summed E-state index contributed by atoms with van der Waals surface area (Å²) in [6.45, 7) is 1.62. The summed E-state index contributed by atoms with van der Waals surface area (Å²) >= 11 is 1.87. The maximum atomic E-state index is 12.7. The van der Waals surface area contributed by atoms with E-state index in [2.05, 4.69) is 0 Å². The first-order valence-corrected chi connectivity index (χ1v) is 9.93. The van der Waals surface area contributed by atoms with E-state index in [9.17, 15) is 9.59 Å². The van der Waals surface area contributed by atoms with Gasteiger partial charge in [-0.05, 0) is 18.1 Å². The van der Waals surface area contributed by atoms with Gasteiger partial charge in [0.2, 0.25) is 5.91 Å². The summed E-state index contributed by atoms with van der Waals surface area (Å²) in [5.74, 6) is 1.78. The van der Waals surface area contributed by atoms with Crippen LogP contribution in [0.4, 0.5) is 0 Å². The second-order valence-corrected chi connectivity index (χ2v) is 9.02. The number of ether oxygens (including phenoxy) is 2. The number of para-hydroxylation sites is 1. The van der Waals surface area contributed by atoms with Crippen molar-refractivity contribution in [2.75, 3.05) is 39.5 Å². The lowest BCUT2D eigenvalue weighted by molar-refractivity contribution is -0.143. The van der Waals surface area contributed by atoms with Crippen LogP contribution in [-0.4, -0.2) is 78.1 Å². The molecule has 2 atom stereocenters. The van der Waals surface area contributed by atoms with Crippen LogP contribution in [0, 0.1) is 0 Å². The lowest BCUT2D eigenvalue weighted by atomic mass is 9.92. The van der Waals surface area contributed by atoms with Crippen molar-refractivity contribution in [2.24, 2.45) is 0 Å². The first-order chi connectivity index (χ1) is 12.5. The average Bonchev–Trinajstić information content (AvgIpc) is 3.21. The molecule has 1 spiro atoms. The van der Waals surface area contributed by atoms with Gasteiger partial charge >= 0.3 is 0 Å². The van der Waals surface area contributed by atoms with E-state index >= 15 is 0 Å². The van der Waals surface area contributed by atoms with Gasteiger partial charge in [0, 0.05) is 39.4 Å². The zero-order chi connectivity index (χ0) is 18.3. The number of carbonyl (C=O) groups excluding carboxylic acids is 2. The van der Waals surface area contributed by atoms with E-state index in [-0.39, 0.29) is 35.4 Å². The molecule has 140 valence electrons. The normalized spacial score (nSPS) is 25.5. The van der Waals surface area contributed by atoms with Crippen LogP contribution in [0.2, 0.25) is 0 Å². The van der Waals surface area contributed by atoms with Gasteiger partial charge in [-0.15, -0.1) is 11.8 Å². The molecule has 2 fully saturated rings. The number of nitrogens with zero attached hydrogens (tertiary/aromatic N) is 2. The summed E-state index contributed by atoms with van der Waals surface area (Å²) in [5, 5.41) is 0. The Balaban J connectivity index is 1.25. The number of hydrogen-bond donors (Lipinski definition) is 0. The van der Waals surface area contributed by atoms with Crippen molar-refractivity contribution in [3.63, 3.8) is 0 Å². The molecule has 7 heteroatoms. The van der Waals surface area contributed by atoms with Gasteiger partial charge in [-0.25, -0.2) is 0 Å². The minimum Gasteiger partial charge on any atom is -0.480 e. The summed E-state index contributed by atoms with van der Waals surface area (Å²) in [6, 6.07) is 7.85. The second kappa shape index (κ2) is 6.78. The Hall–Kier alpha value is -1.73. The number of fused-ring (bicyclic) bond motifs is 1. The Labute approximate surface area is 157 Å². The molecule has 0 bridgehead atoms. The van der Waals surface area contributed by atoms with E-state index in [0.29, 0.717) is 6.42 Å². The molecule has 3 heterocycles. The Bertz CT molecular complexity index is 692. The molecule has 3 aliphatic rings. The minimum absolute atomic E-state index is 0.0145. The molecule has 0 saturated carbocycles. The van der Waals surface area contributed by atoms with Gasteiger partial charge in [-0.1, -0.05) is 18.2 Å². The van der Waals surface area contributed by atoms with Crippen LogP contribution >= 0.6 is 11.8 Å². The van der Waals surface area contributed by atoms with Crippen molar-refractivity contribution < 1.29 is 19.1 Å². The first kappa shape index (κ1) is 17.7. The van der Waals surface area contributed by atoms with Gasteiger partial charge < -0.3 is 19.3 Å². The molecule has 1 aromatic rings. The zero-order valence-corrected chi connectivity index (χ0v) is 16.0. The summed E-state index contributed by atoms with van der Waals surface area (Å²) in [7, 11) is 3.46. The van der Waals surface area contributed by atoms with E-state index in [4.69, 9.17) is 9.47 Å². The highest BCUT2D eigenvalue weighted by Crippen LogP contribution is 2.46. The SMILES string of the molecule is CN(C)C(=O)COC1CSC2(C1)CN(C(=O)C1Cc3ccccc3O1)C2. The Morgan fingerprint density at radius 3 is 2.85 bits per heavy atom. The standard InChI is InChI=1S/C19H24N2O4S/c1-20(2)17(22)9-24-14-8-19(26-10-14)11-21(12-19)18(23)16-7-13-5-3-4-6-15(13)25-16/h3-6,14,16H,7-12H2,1-2H3. The highest BCUT2D eigenvalue weighted by atomic mass is 32.2. The monoisotopic (exact) mass is 376 g/mol. The van der Waals surface area contributed by atoms with Crippen LogP contribution in [0.15, 0.2) is 24.3 Å². The minimum atomic E-state index is -0.388. The number of thioether (sulfide) groups is 1. The smallest absolute Gasteiger partial charge is 0.264 e. The van der Waals surface area contributed by atoms with E-state index in [0.717, 1.165) is 36.6 Å². The largest absolute Gasteiger partial charge is 0.480 e. The summed E-state index contributed by atoms with van der Waals surface area (Å²) < 4.78 is 11.7. The van der Waals surface area contributed by atoms with E-state index in [1.54, 1.807) is 19.0 Å². The fraction of sp³-hybridized carbons (Fsp3) is 0.579. The van der Waals surface area contributed by atoms with Crippen molar-refractivity contribution in [1.82, 2.24) is 9.80 Å². The van der Waals surface area contributed by atoms with E-state index in [1.807, 2.05) is 40.9 Å². The number of likely N-dealkylation sites (N-methyl/N-ethyl adjacent to an activating group) is 1. The van der Waals surface area contributed by atoms with Gasteiger partial charge in [-0.3, -0.25) is 9.59 Å². The molecule has 2 saturated heterocycles. The third-order valence-corrected chi connectivity index (χ3v) is 6.88. The number of amides is 2. The lowest BCUT2D eigenvalue weighted by Crippen LogP contribution is -2.63. The van der Waals surface area contributed by atoms with E-state index < -0.39 is 0 Å². The van der Waals surface area contributed by atoms with Crippen LogP contribution in [0.5, 0.6) is 5.75 Å². The van der Waals surface area contributed by atoms with Crippen LogP contribution < -0.4 is 4.74 Å². The summed E-state index contributed by atoms with van der Waals surface area (Å²) in [4.78, 5) is 27.8. The topological polar surface area (TPSA) is 59.1 Å². The average molecular weight is 376 g/mol. The third kappa shape index (κ3) is 3.30. The van der Waals surface area contributed by atoms with Crippen LogP contribution in [0.1, 0.15) is 12.0 Å². The number of hydrogen-bond acceptors (Lipinski definition) is 5. The molecule has 2 amide bonds. The molecule has 1 aromatic carbocycles. The van der Waals surface area contributed by atoms with Crippen molar-refractivity contribution >= 4 is 23.6 Å². The van der Waals surface area contributed by atoms with Gasteiger partial charge in [-0.2, -0.15) is 0 Å². The van der Waals surface area contributed by atoms with Crippen molar-refractivity contribution in [2.45, 2.75) is 29.8 Å². The number of carbonyl (C=O) groups is 2. The fourth-order valence-electron chi connectivity index (χ4n) is 3.78. The number of likely N-dealkylation sites (tertiary alicyclic amines) is 1. The molecule has 3 aliphatic heterocycles. The van der Waals surface area contributed by atoms with Crippen molar-refractivity contribution in [3.05, 3.63) is 29.8 Å². The van der Waals surface area contributed by atoms with Crippen LogP contribution in [0.25, 0.3) is 0 Å². The lowest BCUT2D eigenvalue weighted by Gasteiger charge is -2.48. The molecule has 6 nitrogen and oxygen atoms in total. The van der Waals surface area contributed by atoms with Gasteiger partial charge in [0.1, 0.15) is 12.4 Å². The second-order valence-electron chi connectivity index (χ2n) is 7.53. The first-order valence-electron chi connectivity index (χ1n) is 8.95. The highest BCUT2D eigenvalue weighted by Gasteiger charge is 2.52. The molecule has 0 aliphatic carbocycles. The molecular weight excluding hydrogens is 352 g/mol. The maximum Gasteiger partial charge on any atom is 0.264 e. The maximum absolute atomic E-state index is 12.7.